The summed E-state index contributed by atoms with van der Waals surface area (Å²) in [6.07, 6.45) is 0.716. The molecule has 2 rings (SSSR count). The number of rotatable bonds is 6. The monoisotopic (exact) mass is 321 g/mol. The molecule has 0 spiro atoms. The Bertz CT molecular complexity index is 635. The number of benzene rings is 1. The number of thioether (sulfide) groups is 1. The number of aromatic nitrogens is 1. The summed E-state index contributed by atoms with van der Waals surface area (Å²) >= 11 is 3.00. The molecule has 1 N–H and O–H groups in total. The Kier molecular flexibility index (Phi) is 5.42. The predicted octanol–water partition coefficient (Wildman–Crippen LogP) is 4.64. The van der Waals surface area contributed by atoms with Crippen LogP contribution in [0.1, 0.15) is 39.8 Å². The lowest BCUT2D eigenvalue weighted by Crippen LogP contribution is -2.02. The maximum Gasteiger partial charge on any atom is 0.347 e. The van der Waals surface area contributed by atoms with E-state index in [-0.39, 0.29) is 0 Å². The van der Waals surface area contributed by atoms with E-state index in [2.05, 4.69) is 44.0 Å². The van der Waals surface area contributed by atoms with Crippen LogP contribution in [-0.4, -0.2) is 16.1 Å². The average Bonchev–Trinajstić information content (AvgIpc) is 2.79. The van der Waals surface area contributed by atoms with Gasteiger partial charge >= 0.3 is 5.97 Å². The molecule has 0 aliphatic carbocycles. The number of carbonyl (C=O) groups is 1. The summed E-state index contributed by atoms with van der Waals surface area (Å²) in [4.78, 5) is 17.4. The maximum atomic E-state index is 11.3. The topological polar surface area (TPSA) is 50.2 Å². The van der Waals surface area contributed by atoms with Crippen molar-refractivity contribution in [1.29, 1.82) is 0 Å². The number of aryl methyl sites for hydroxylation is 1. The Morgan fingerprint density at radius 2 is 2.19 bits per heavy atom. The van der Waals surface area contributed by atoms with Crippen molar-refractivity contribution in [2.45, 2.75) is 37.8 Å². The van der Waals surface area contributed by atoms with Crippen molar-refractivity contribution < 1.29 is 9.90 Å². The summed E-state index contributed by atoms with van der Waals surface area (Å²) in [5.41, 5.74) is 1.95. The fourth-order valence-corrected chi connectivity index (χ4v) is 3.94. The Hall–Kier alpha value is -1.33. The van der Waals surface area contributed by atoms with E-state index in [1.165, 1.54) is 21.8 Å². The largest absolute Gasteiger partial charge is 0.477 e. The van der Waals surface area contributed by atoms with Crippen LogP contribution in [0.3, 0.4) is 0 Å². The van der Waals surface area contributed by atoms with Gasteiger partial charge in [0.05, 0.1) is 11.4 Å². The molecule has 1 aromatic carbocycles. The summed E-state index contributed by atoms with van der Waals surface area (Å²) in [6.45, 7) is 6.22. The number of nitrogens with zero attached hydrogens (tertiary/aromatic N) is 1. The summed E-state index contributed by atoms with van der Waals surface area (Å²) in [7, 11) is 0. The molecule has 0 aliphatic heterocycles. The molecule has 0 saturated heterocycles. The minimum absolute atomic E-state index is 0.392. The summed E-state index contributed by atoms with van der Waals surface area (Å²) < 4.78 is 0. The molecule has 0 fully saturated rings. The number of hydrogen-bond donors (Lipinski definition) is 1. The molecule has 0 bridgehead atoms. The van der Waals surface area contributed by atoms with Crippen molar-refractivity contribution >= 4 is 29.1 Å². The maximum absolute atomic E-state index is 11.3. The first kappa shape index (κ1) is 16.0. The molecular weight excluding hydrogens is 302 g/mol. The molecular formula is C16H19NO2S2. The van der Waals surface area contributed by atoms with E-state index < -0.39 is 5.97 Å². The Labute approximate surface area is 133 Å². The lowest BCUT2D eigenvalue weighted by atomic mass is 10.1. The van der Waals surface area contributed by atoms with Gasteiger partial charge < -0.3 is 5.11 Å². The molecule has 2 aromatic rings. The van der Waals surface area contributed by atoms with Crippen LogP contribution in [0.25, 0.3) is 0 Å². The summed E-state index contributed by atoms with van der Waals surface area (Å²) in [5, 5.41) is 10.2. The van der Waals surface area contributed by atoms with Crippen molar-refractivity contribution in [3.8, 4) is 0 Å². The third-order valence-corrected chi connectivity index (χ3v) is 5.16. The van der Waals surface area contributed by atoms with E-state index in [0.29, 0.717) is 23.0 Å². The van der Waals surface area contributed by atoms with Crippen LogP contribution in [0.5, 0.6) is 0 Å². The van der Waals surface area contributed by atoms with Gasteiger partial charge in [0.15, 0.2) is 0 Å². The van der Waals surface area contributed by atoms with Crippen molar-refractivity contribution in [2.24, 2.45) is 5.92 Å². The van der Waals surface area contributed by atoms with Gasteiger partial charge in [-0.15, -0.1) is 23.1 Å². The molecule has 1 heterocycles. The average molecular weight is 321 g/mol. The van der Waals surface area contributed by atoms with Gasteiger partial charge in [-0.2, -0.15) is 0 Å². The van der Waals surface area contributed by atoms with E-state index in [0.717, 1.165) is 10.7 Å². The molecule has 0 saturated carbocycles. The lowest BCUT2D eigenvalue weighted by Gasteiger charge is -2.02. The zero-order valence-corrected chi connectivity index (χ0v) is 14.1. The standard InChI is InChI=1S/C16H19NO2S2/c1-10(2)7-13-15(16(18)19)21-14(17-13)9-20-12-6-4-5-11(3)8-12/h4-6,8,10H,7,9H2,1-3H3,(H,18,19). The van der Waals surface area contributed by atoms with Crippen LogP contribution in [0.4, 0.5) is 0 Å². The zero-order chi connectivity index (χ0) is 15.4. The summed E-state index contributed by atoms with van der Waals surface area (Å²) in [5.74, 6) is 0.254. The van der Waals surface area contributed by atoms with Crippen LogP contribution < -0.4 is 0 Å². The van der Waals surface area contributed by atoms with Crippen LogP contribution in [0.2, 0.25) is 0 Å². The molecule has 0 amide bonds. The molecule has 112 valence electrons. The molecule has 21 heavy (non-hydrogen) atoms. The number of thiazole rings is 1. The van der Waals surface area contributed by atoms with Crippen molar-refractivity contribution in [3.63, 3.8) is 0 Å². The Balaban J connectivity index is 2.11. The second-order valence-electron chi connectivity index (χ2n) is 5.39. The predicted molar refractivity (Wildman–Crippen MR) is 88.4 cm³/mol. The Morgan fingerprint density at radius 1 is 1.43 bits per heavy atom. The van der Waals surface area contributed by atoms with Crippen molar-refractivity contribution in [2.75, 3.05) is 0 Å². The molecule has 0 atom stereocenters. The van der Waals surface area contributed by atoms with Gasteiger partial charge in [0.25, 0.3) is 0 Å². The van der Waals surface area contributed by atoms with E-state index in [4.69, 9.17) is 0 Å². The molecule has 3 nitrogen and oxygen atoms in total. The van der Waals surface area contributed by atoms with Gasteiger partial charge in [-0.25, -0.2) is 9.78 Å². The number of hydrogen-bond acceptors (Lipinski definition) is 4. The van der Waals surface area contributed by atoms with Crippen LogP contribution in [-0.2, 0) is 12.2 Å². The molecule has 0 radical (unpaired) electrons. The first-order chi connectivity index (χ1) is 9.95. The lowest BCUT2D eigenvalue weighted by molar-refractivity contribution is 0.0700. The van der Waals surface area contributed by atoms with E-state index in [1.807, 2.05) is 6.07 Å². The quantitative estimate of drug-likeness (QED) is 0.787. The third kappa shape index (κ3) is 4.58. The smallest absolute Gasteiger partial charge is 0.347 e. The molecule has 0 unspecified atom stereocenters. The second-order valence-corrected chi connectivity index (χ2v) is 7.52. The van der Waals surface area contributed by atoms with Crippen LogP contribution >= 0.6 is 23.1 Å². The fourth-order valence-electron chi connectivity index (χ4n) is 2.00. The minimum Gasteiger partial charge on any atom is -0.477 e. The molecule has 1 aromatic heterocycles. The molecule has 0 aliphatic rings. The highest BCUT2D eigenvalue weighted by atomic mass is 32.2. The first-order valence-electron chi connectivity index (χ1n) is 6.87. The highest BCUT2D eigenvalue weighted by Gasteiger charge is 2.18. The van der Waals surface area contributed by atoms with Crippen molar-refractivity contribution in [1.82, 2.24) is 4.98 Å². The number of aromatic carboxylic acids is 1. The highest BCUT2D eigenvalue weighted by molar-refractivity contribution is 7.98. The minimum atomic E-state index is -0.866. The van der Waals surface area contributed by atoms with Gasteiger partial charge in [-0.1, -0.05) is 31.5 Å². The van der Waals surface area contributed by atoms with E-state index in [1.54, 1.807) is 11.8 Å². The van der Waals surface area contributed by atoms with Gasteiger partial charge in [0, 0.05) is 4.90 Å². The van der Waals surface area contributed by atoms with Gasteiger partial charge in [-0.05, 0) is 31.4 Å². The fraction of sp³-hybridized carbons (Fsp3) is 0.375. The SMILES string of the molecule is Cc1cccc(SCc2nc(CC(C)C)c(C(=O)O)s2)c1. The number of carboxylic acids is 1. The normalized spacial score (nSPS) is 11.0. The highest BCUT2D eigenvalue weighted by Crippen LogP contribution is 2.28. The Morgan fingerprint density at radius 3 is 2.81 bits per heavy atom. The van der Waals surface area contributed by atoms with Crippen LogP contribution in [0.15, 0.2) is 29.2 Å². The van der Waals surface area contributed by atoms with E-state index in [9.17, 15) is 9.90 Å². The number of carboxylic acid groups (broad SMARTS) is 1. The second kappa shape index (κ2) is 7.09. The first-order valence-corrected chi connectivity index (χ1v) is 8.67. The molecule has 5 heteroatoms. The van der Waals surface area contributed by atoms with E-state index >= 15 is 0 Å². The van der Waals surface area contributed by atoms with Gasteiger partial charge in [0.2, 0.25) is 0 Å². The zero-order valence-electron chi connectivity index (χ0n) is 12.4. The third-order valence-electron chi connectivity index (χ3n) is 2.89. The summed E-state index contributed by atoms with van der Waals surface area (Å²) in [6, 6.07) is 8.30. The van der Waals surface area contributed by atoms with Crippen molar-refractivity contribution in [3.05, 3.63) is 45.4 Å². The van der Waals surface area contributed by atoms with Gasteiger partial charge in [-0.3, -0.25) is 0 Å². The van der Waals surface area contributed by atoms with Crippen LogP contribution in [0, 0.1) is 12.8 Å². The van der Waals surface area contributed by atoms with Gasteiger partial charge in [0.1, 0.15) is 9.88 Å².